The molecule has 0 aliphatic heterocycles. The lowest BCUT2D eigenvalue weighted by Gasteiger charge is -2.05. The van der Waals surface area contributed by atoms with Crippen molar-refractivity contribution in [1.82, 2.24) is 14.8 Å². The van der Waals surface area contributed by atoms with Gasteiger partial charge in [0.15, 0.2) is 5.78 Å². The molecule has 0 fully saturated rings. The molecule has 6 heteroatoms. The van der Waals surface area contributed by atoms with Crippen LogP contribution in [0.4, 0.5) is 8.78 Å². The van der Waals surface area contributed by atoms with Crippen molar-refractivity contribution in [2.45, 2.75) is 26.3 Å². The summed E-state index contributed by atoms with van der Waals surface area (Å²) in [5.41, 5.74) is -0.520. The summed E-state index contributed by atoms with van der Waals surface area (Å²) in [5.74, 6) is -1.94. The van der Waals surface area contributed by atoms with Gasteiger partial charge < -0.3 is 0 Å². The molecule has 1 aromatic heterocycles. The number of hydrogen-bond acceptors (Lipinski definition) is 3. The van der Waals surface area contributed by atoms with E-state index >= 15 is 0 Å². The van der Waals surface area contributed by atoms with Crippen molar-refractivity contribution < 1.29 is 13.6 Å². The van der Waals surface area contributed by atoms with Crippen LogP contribution in [0.25, 0.3) is 0 Å². The summed E-state index contributed by atoms with van der Waals surface area (Å²) >= 11 is 0. The lowest BCUT2D eigenvalue weighted by Crippen LogP contribution is -2.14. The van der Waals surface area contributed by atoms with Gasteiger partial charge in [0, 0.05) is 6.54 Å². The molecule has 0 N–H and O–H groups in total. The number of halogens is 2. The molecule has 1 aromatic carbocycles. The molecule has 0 atom stereocenters. The fourth-order valence-corrected chi connectivity index (χ4v) is 1.82. The SMILES string of the molecule is CCCn1ncnc1CC(=O)c1c(F)cccc1F. The van der Waals surface area contributed by atoms with Crippen LogP contribution in [-0.4, -0.2) is 20.5 Å². The molecule has 2 rings (SSSR count). The number of nitrogens with zero attached hydrogens (tertiary/aromatic N) is 3. The highest BCUT2D eigenvalue weighted by molar-refractivity contribution is 5.97. The third-order valence-electron chi connectivity index (χ3n) is 2.69. The molecule has 100 valence electrons. The minimum Gasteiger partial charge on any atom is -0.293 e. The van der Waals surface area contributed by atoms with E-state index in [1.807, 2.05) is 6.92 Å². The Kier molecular flexibility index (Phi) is 3.99. The number of aromatic nitrogens is 3. The van der Waals surface area contributed by atoms with Gasteiger partial charge in [-0.3, -0.25) is 4.79 Å². The van der Waals surface area contributed by atoms with Crippen LogP contribution >= 0.6 is 0 Å². The van der Waals surface area contributed by atoms with Gasteiger partial charge in [-0.2, -0.15) is 5.10 Å². The standard InChI is InChI=1S/C13H13F2N3O/c1-2-6-18-12(16-8-17-18)7-11(19)13-9(14)4-3-5-10(13)15/h3-5,8H,2,6-7H2,1H3. The van der Waals surface area contributed by atoms with Gasteiger partial charge in [0.2, 0.25) is 0 Å². The summed E-state index contributed by atoms with van der Waals surface area (Å²) in [7, 11) is 0. The number of carbonyl (C=O) groups excluding carboxylic acids is 1. The summed E-state index contributed by atoms with van der Waals surface area (Å²) < 4.78 is 28.5. The molecule has 0 unspecified atom stereocenters. The Labute approximate surface area is 109 Å². The molecule has 19 heavy (non-hydrogen) atoms. The first kappa shape index (κ1) is 13.3. The molecule has 0 aliphatic carbocycles. The van der Waals surface area contributed by atoms with E-state index in [9.17, 15) is 13.6 Å². The first-order valence-electron chi connectivity index (χ1n) is 5.97. The van der Waals surface area contributed by atoms with Crippen molar-refractivity contribution in [3.63, 3.8) is 0 Å². The van der Waals surface area contributed by atoms with Crippen LogP contribution in [0.15, 0.2) is 24.5 Å². The van der Waals surface area contributed by atoms with Crippen molar-refractivity contribution in [2.24, 2.45) is 0 Å². The van der Waals surface area contributed by atoms with E-state index in [0.717, 1.165) is 18.6 Å². The van der Waals surface area contributed by atoms with E-state index < -0.39 is 23.0 Å². The lowest BCUT2D eigenvalue weighted by molar-refractivity contribution is 0.0981. The summed E-state index contributed by atoms with van der Waals surface area (Å²) in [6, 6.07) is 3.35. The zero-order valence-corrected chi connectivity index (χ0v) is 10.4. The van der Waals surface area contributed by atoms with Gasteiger partial charge in [-0.15, -0.1) is 0 Å². The maximum Gasteiger partial charge on any atom is 0.176 e. The fraction of sp³-hybridized carbons (Fsp3) is 0.308. The zero-order chi connectivity index (χ0) is 13.8. The van der Waals surface area contributed by atoms with Crippen LogP contribution in [0.3, 0.4) is 0 Å². The second kappa shape index (κ2) is 5.69. The summed E-state index contributed by atoms with van der Waals surface area (Å²) in [5, 5.41) is 3.96. The van der Waals surface area contributed by atoms with Crippen molar-refractivity contribution in [1.29, 1.82) is 0 Å². The Morgan fingerprint density at radius 3 is 2.63 bits per heavy atom. The fourth-order valence-electron chi connectivity index (χ4n) is 1.82. The van der Waals surface area contributed by atoms with Crippen molar-refractivity contribution in [2.75, 3.05) is 0 Å². The molecule has 1 heterocycles. The normalized spacial score (nSPS) is 10.7. The van der Waals surface area contributed by atoms with Crippen LogP contribution in [0.2, 0.25) is 0 Å². The quantitative estimate of drug-likeness (QED) is 0.780. The van der Waals surface area contributed by atoms with E-state index in [0.29, 0.717) is 12.4 Å². The highest BCUT2D eigenvalue weighted by atomic mass is 19.1. The molecule has 2 aromatic rings. The predicted molar refractivity (Wildman–Crippen MR) is 64.7 cm³/mol. The van der Waals surface area contributed by atoms with Crippen molar-refractivity contribution >= 4 is 5.78 Å². The molecule has 0 saturated heterocycles. The Bertz CT molecular complexity index is 575. The molecular formula is C13H13F2N3O. The van der Waals surface area contributed by atoms with Gasteiger partial charge in [0.1, 0.15) is 23.8 Å². The highest BCUT2D eigenvalue weighted by Crippen LogP contribution is 2.14. The van der Waals surface area contributed by atoms with E-state index in [1.54, 1.807) is 4.68 Å². The van der Waals surface area contributed by atoms with E-state index in [-0.39, 0.29) is 6.42 Å². The largest absolute Gasteiger partial charge is 0.293 e. The molecule has 0 amide bonds. The number of Topliss-reactive ketones (excluding diaryl/α,β-unsaturated/α-hetero) is 1. The van der Waals surface area contributed by atoms with Crippen LogP contribution in [0.5, 0.6) is 0 Å². The molecule has 0 saturated carbocycles. The molecule has 0 spiro atoms. The highest BCUT2D eigenvalue weighted by Gasteiger charge is 2.19. The van der Waals surface area contributed by atoms with Crippen molar-refractivity contribution in [3.05, 3.63) is 47.5 Å². The van der Waals surface area contributed by atoms with E-state index in [1.165, 1.54) is 12.4 Å². The monoisotopic (exact) mass is 265 g/mol. The number of ketones is 1. The van der Waals surface area contributed by atoms with Gasteiger partial charge in [-0.1, -0.05) is 13.0 Å². The Morgan fingerprint density at radius 2 is 2.00 bits per heavy atom. The number of hydrogen-bond donors (Lipinski definition) is 0. The molecule has 0 aliphatic rings. The molecule has 4 nitrogen and oxygen atoms in total. The second-order valence-electron chi connectivity index (χ2n) is 4.10. The predicted octanol–water partition coefficient (Wildman–Crippen LogP) is 2.39. The smallest absolute Gasteiger partial charge is 0.176 e. The van der Waals surface area contributed by atoms with Gasteiger partial charge in [-0.25, -0.2) is 18.4 Å². The van der Waals surface area contributed by atoms with E-state index in [2.05, 4.69) is 10.1 Å². The number of aryl methyl sites for hydroxylation is 1. The van der Waals surface area contributed by atoms with Crippen molar-refractivity contribution in [3.8, 4) is 0 Å². The molecule has 0 bridgehead atoms. The number of rotatable bonds is 5. The molecule has 0 radical (unpaired) electrons. The van der Waals surface area contributed by atoms with Crippen LogP contribution in [0, 0.1) is 11.6 Å². The minimum atomic E-state index is -0.855. The Hall–Kier alpha value is -2.11. The summed E-state index contributed by atoms with van der Waals surface area (Å²) in [6.07, 6.45) is 1.99. The van der Waals surface area contributed by atoms with Gasteiger partial charge >= 0.3 is 0 Å². The maximum absolute atomic E-state index is 13.5. The third-order valence-corrected chi connectivity index (χ3v) is 2.69. The average Bonchev–Trinajstić information content (AvgIpc) is 2.77. The van der Waals surface area contributed by atoms with E-state index in [4.69, 9.17) is 0 Å². The third kappa shape index (κ3) is 2.83. The minimum absolute atomic E-state index is 0.169. The Morgan fingerprint density at radius 1 is 1.32 bits per heavy atom. The summed E-state index contributed by atoms with van der Waals surface area (Å²) in [4.78, 5) is 15.9. The number of carbonyl (C=O) groups is 1. The topological polar surface area (TPSA) is 47.8 Å². The zero-order valence-electron chi connectivity index (χ0n) is 10.4. The molecular weight excluding hydrogens is 252 g/mol. The summed E-state index contributed by atoms with van der Waals surface area (Å²) in [6.45, 7) is 2.58. The van der Waals surface area contributed by atoms with Gasteiger partial charge in [0.05, 0.1) is 12.0 Å². The first-order chi connectivity index (χ1) is 9.13. The van der Waals surface area contributed by atoms with Crippen LogP contribution in [-0.2, 0) is 13.0 Å². The van der Waals surface area contributed by atoms with Crippen LogP contribution < -0.4 is 0 Å². The number of benzene rings is 1. The maximum atomic E-state index is 13.5. The van der Waals surface area contributed by atoms with Crippen LogP contribution in [0.1, 0.15) is 29.5 Å². The van der Waals surface area contributed by atoms with Gasteiger partial charge in [-0.05, 0) is 18.6 Å². The lowest BCUT2D eigenvalue weighted by atomic mass is 10.1. The first-order valence-corrected chi connectivity index (χ1v) is 5.97. The Balaban J connectivity index is 2.24. The average molecular weight is 265 g/mol. The second-order valence-corrected chi connectivity index (χ2v) is 4.10. The van der Waals surface area contributed by atoms with Gasteiger partial charge in [0.25, 0.3) is 0 Å².